The summed E-state index contributed by atoms with van der Waals surface area (Å²) in [7, 11) is 0. The number of nitrogens with one attached hydrogen (secondary N) is 1. The van der Waals surface area contributed by atoms with Gasteiger partial charge in [-0.05, 0) is 24.6 Å². The molecule has 6 heteroatoms. The van der Waals surface area contributed by atoms with Gasteiger partial charge in [-0.3, -0.25) is 0 Å². The van der Waals surface area contributed by atoms with Crippen LogP contribution in [0.2, 0.25) is 0 Å². The molecule has 0 heterocycles. The molecule has 0 aliphatic heterocycles. The number of benzene rings is 1. The summed E-state index contributed by atoms with van der Waals surface area (Å²) in [5.41, 5.74) is 13.2. The summed E-state index contributed by atoms with van der Waals surface area (Å²) in [4.78, 5) is 11.6. The van der Waals surface area contributed by atoms with Crippen LogP contribution in [0.15, 0.2) is 23.3 Å². The first-order chi connectivity index (χ1) is 8.08. The van der Waals surface area contributed by atoms with Crippen LogP contribution in [-0.4, -0.2) is 23.8 Å². The molecule has 0 fully saturated rings. The van der Waals surface area contributed by atoms with Gasteiger partial charge in [-0.1, -0.05) is 6.92 Å². The minimum Gasteiger partial charge on any atom is -0.459 e. The number of nitrogen functional groups attached to an aromatic ring is 1. The molecule has 1 rings (SSSR count). The van der Waals surface area contributed by atoms with Crippen LogP contribution in [0.4, 0.5) is 11.4 Å². The lowest BCUT2D eigenvalue weighted by Crippen LogP contribution is -2.17. The Morgan fingerprint density at radius 2 is 2.35 bits per heavy atom. The standard InChI is InChI=1S/C11H15N3O3/c1-2-8(15)6-17-11(16)7-3-4-10(14-13)9(12)5-7/h3-5,8,13,15H,2,6,12H2,1H3. The molecule has 17 heavy (non-hydrogen) atoms. The summed E-state index contributed by atoms with van der Waals surface area (Å²) in [5, 5.41) is 12.4. The van der Waals surface area contributed by atoms with E-state index >= 15 is 0 Å². The highest BCUT2D eigenvalue weighted by atomic mass is 16.5. The molecule has 0 radical (unpaired) electrons. The number of nitrogens with zero attached hydrogens (tertiary/aromatic N) is 1. The second kappa shape index (κ2) is 5.95. The van der Waals surface area contributed by atoms with Crippen molar-refractivity contribution in [1.29, 1.82) is 5.53 Å². The summed E-state index contributed by atoms with van der Waals surface area (Å²) in [6.07, 6.45) is -0.134. The first-order valence-corrected chi connectivity index (χ1v) is 5.20. The number of nitrogens with two attached hydrogens (primary N) is 1. The number of esters is 1. The number of carbonyl (C=O) groups is 1. The summed E-state index contributed by atoms with van der Waals surface area (Å²) < 4.78 is 4.89. The fourth-order valence-corrected chi connectivity index (χ4v) is 1.16. The lowest BCUT2D eigenvalue weighted by molar-refractivity contribution is 0.0250. The Labute approximate surface area is 98.9 Å². The van der Waals surface area contributed by atoms with Crippen LogP contribution in [0, 0.1) is 5.53 Å². The van der Waals surface area contributed by atoms with Crippen molar-refractivity contribution in [3.05, 3.63) is 23.8 Å². The highest BCUT2D eigenvalue weighted by molar-refractivity contribution is 5.91. The molecule has 0 aliphatic rings. The SMILES string of the molecule is CCC(O)COC(=O)c1ccc(N=N)c(N)c1. The van der Waals surface area contributed by atoms with Gasteiger partial charge in [0.2, 0.25) is 0 Å². The van der Waals surface area contributed by atoms with Crippen LogP contribution in [0.3, 0.4) is 0 Å². The number of rotatable bonds is 5. The molecule has 1 atom stereocenters. The third-order valence-electron chi connectivity index (χ3n) is 2.26. The Bertz CT molecular complexity index is 420. The van der Waals surface area contributed by atoms with Gasteiger partial charge in [-0.15, -0.1) is 0 Å². The Morgan fingerprint density at radius 1 is 1.65 bits per heavy atom. The van der Waals surface area contributed by atoms with Gasteiger partial charge in [0, 0.05) is 0 Å². The molecular weight excluding hydrogens is 222 g/mol. The lowest BCUT2D eigenvalue weighted by atomic mass is 10.2. The van der Waals surface area contributed by atoms with E-state index < -0.39 is 12.1 Å². The molecule has 0 saturated heterocycles. The van der Waals surface area contributed by atoms with Crippen LogP contribution in [0.5, 0.6) is 0 Å². The molecule has 1 aromatic rings. The number of carbonyl (C=O) groups excluding carboxylic acids is 1. The Hall–Kier alpha value is -1.95. The third-order valence-corrected chi connectivity index (χ3v) is 2.26. The van der Waals surface area contributed by atoms with Crippen molar-refractivity contribution in [2.45, 2.75) is 19.4 Å². The van der Waals surface area contributed by atoms with Crippen molar-refractivity contribution in [2.24, 2.45) is 5.11 Å². The van der Waals surface area contributed by atoms with Crippen LogP contribution < -0.4 is 5.73 Å². The maximum Gasteiger partial charge on any atom is 0.338 e. The average Bonchev–Trinajstić information content (AvgIpc) is 2.35. The lowest BCUT2D eigenvalue weighted by Gasteiger charge is -2.09. The summed E-state index contributed by atoms with van der Waals surface area (Å²) in [6, 6.07) is 4.34. The van der Waals surface area contributed by atoms with E-state index in [9.17, 15) is 9.90 Å². The zero-order chi connectivity index (χ0) is 12.8. The van der Waals surface area contributed by atoms with Gasteiger partial charge in [0.25, 0.3) is 0 Å². The van der Waals surface area contributed by atoms with Crippen LogP contribution >= 0.6 is 0 Å². The van der Waals surface area contributed by atoms with Crippen molar-refractivity contribution in [3.8, 4) is 0 Å². The van der Waals surface area contributed by atoms with Crippen LogP contribution in [0.25, 0.3) is 0 Å². The summed E-state index contributed by atoms with van der Waals surface area (Å²) in [5.74, 6) is -0.555. The van der Waals surface area contributed by atoms with Gasteiger partial charge in [-0.25, -0.2) is 10.3 Å². The maximum atomic E-state index is 11.6. The van der Waals surface area contributed by atoms with Gasteiger partial charge in [0.15, 0.2) is 0 Å². The predicted molar refractivity (Wildman–Crippen MR) is 62.2 cm³/mol. The normalized spacial score (nSPS) is 11.9. The minimum absolute atomic E-state index is 0.0419. The first kappa shape index (κ1) is 13.1. The molecular formula is C11H15N3O3. The molecule has 1 aromatic carbocycles. The van der Waals surface area contributed by atoms with E-state index in [0.717, 1.165) is 0 Å². The highest BCUT2D eigenvalue weighted by Gasteiger charge is 2.11. The fourth-order valence-electron chi connectivity index (χ4n) is 1.16. The van der Waals surface area contributed by atoms with Crippen LogP contribution in [0.1, 0.15) is 23.7 Å². The molecule has 0 saturated carbocycles. The van der Waals surface area contributed by atoms with Gasteiger partial charge in [0.1, 0.15) is 12.3 Å². The van der Waals surface area contributed by atoms with E-state index in [4.69, 9.17) is 16.0 Å². The Balaban J connectivity index is 2.69. The number of aliphatic hydroxyl groups is 1. The molecule has 6 nitrogen and oxygen atoms in total. The zero-order valence-corrected chi connectivity index (χ0v) is 9.51. The van der Waals surface area contributed by atoms with Crippen molar-refractivity contribution < 1.29 is 14.6 Å². The van der Waals surface area contributed by atoms with Crippen molar-refractivity contribution in [3.63, 3.8) is 0 Å². The van der Waals surface area contributed by atoms with Crippen molar-refractivity contribution >= 4 is 17.3 Å². The van der Waals surface area contributed by atoms with Gasteiger partial charge in [0.05, 0.1) is 17.4 Å². The maximum absolute atomic E-state index is 11.6. The minimum atomic E-state index is -0.654. The summed E-state index contributed by atoms with van der Waals surface area (Å²) >= 11 is 0. The molecule has 0 aromatic heterocycles. The van der Waals surface area contributed by atoms with E-state index in [-0.39, 0.29) is 17.9 Å². The first-order valence-electron chi connectivity index (χ1n) is 5.20. The second-order valence-corrected chi connectivity index (χ2v) is 3.55. The second-order valence-electron chi connectivity index (χ2n) is 3.55. The third kappa shape index (κ3) is 3.53. The van der Waals surface area contributed by atoms with Gasteiger partial charge in [-0.2, -0.15) is 5.11 Å². The Morgan fingerprint density at radius 3 is 2.88 bits per heavy atom. The molecule has 1 unspecified atom stereocenters. The largest absolute Gasteiger partial charge is 0.459 e. The monoisotopic (exact) mass is 237 g/mol. The smallest absolute Gasteiger partial charge is 0.338 e. The molecule has 92 valence electrons. The van der Waals surface area contributed by atoms with E-state index in [2.05, 4.69) is 5.11 Å². The van der Waals surface area contributed by atoms with Crippen molar-refractivity contribution in [2.75, 3.05) is 12.3 Å². The number of ether oxygens (including phenoxy) is 1. The number of hydrogen-bond acceptors (Lipinski definition) is 6. The average molecular weight is 237 g/mol. The van der Waals surface area contributed by atoms with Crippen LogP contribution in [-0.2, 0) is 4.74 Å². The zero-order valence-electron chi connectivity index (χ0n) is 9.51. The van der Waals surface area contributed by atoms with E-state index in [0.29, 0.717) is 12.1 Å². The molecule has 0 amide bonds. The number of aliphatic hydroxyl groups excluding tert-OH is 1. The molecule has 4 N–H and O–H groups in total. The Kier molecular flexibility index (Phi) is 4.59. The van der Waals surface area contributed by atoms with E-state index in [1.54, 1.807) is 6.92 Å². The number of anilines is 1. The number of hydrogen-bond donors (Lipinski definition) is 3. The topological polar surface area (TPSA) is 109 Å². The van der Waals surface area contributed by atoms with Gasteiger partial charge < -0.3 is 15.6 Å². The fraction of sp³-hybridized carbons (Fsp3) is 0.364. The summed E-state index contributed by atoms with van der Waals surface area (Å²) in [6.45, 7) is 1.75. The van der Waals surface area contributed by atoms with Crippen molar-refractivity contribution in [1.82, 2.24) is 0 Å². The van der Waals surface area contributed by atoms with E-state index in [1.165, 1.54) is 18.2 Å². The highest BCUT2D eigenvalue weighted by Crippen LogP contribution is 2.22. The predicted octanol–water partition coefficient (Wildman–Crippen LogP) is 1.86. The van der Waals surface area contributed by atoms with Gasteiger partial charge >= 0.3 is 5.97 Å². The molecule has 0 spiro atoms. The van der Waals surface area contributed by atoms with E-state index in [1.807, 2.05) is 0 Å². The molecule has 0 bridgehead atoms. The molecule has 0 aliphatic carbocycles. The quantitative estimate of drug-likeness (QED) is 0.412.